The third kappa shape index (κ3) is 7.02. The van der Waals surface area contributed by atoms with E-state index >= 15 is 0 Å². The van der Waals surface area contributed by atoms with Crippen molar-refractivity contribution in [2.24, 2.45) is 0 Å². The van der Waals surface area contributed by atoms with E-state index in [4.69, 9.17) is 9.47 Å². The van der Waals surface area contributed by atoms with Crippen LogP contribution in [0.4, 0.5) is 29.3 Å². The van der Waals surface area contributed by atoms with E-state index in [1.54, 1.807) is 64.2 Å². The van der Waals surface area contributed by atoms with Gasteiger partial charge in [-0.25, -0.2) is 4.79 Å². The Morgan fingerprint density at radius 2 is 1.54 bits per heavy atom. The highest BCUT2D eigenvalue weighted by Crippen LogP contribution is 2.39. The number of halogens is 3. The average Bonchev–Trinajstić information content (AvgIpc) is 2.75. The molecular weight excluding hydrogens is 463 g/mol. The van der Waals surface area contributed by atoms with E-state index < -0.39 is 23.4 Å². The number of aromatic amines is 1. The lowest BCUT2D eigenvalue weighted by molar-refractivity contribution is -0.139. The third-order valence-corrected chi connectivity index (χ3v) is 4.60. The lowest BCUT2D eigenvalue weighted by Gasteiger charge is -2.24. The van der Waals surface area contributed by atoms with Crippen molar-refractivity contribution in [2.75, 3.05) is 17.2 Å². The van der Waals surface area contributed by atoms with Crippen molar-refractivity contribution < 1.29 is 27.4 Å². The van der Waals surface area contributed by atoms with Crippen LogP contribution in [0.25, 0.3) is 11.1 Å². The first-order valence-corrected chi connectivity index (χ1v) is 10.8. The summed E-state index contributed by atoms with van der Waals surface area (Å²) in [5.74, 6) is -0.120. The smallest absolute Gasteiger partial charge is 0.420 e. The molecule has 10 heteroatoms. The standard InChI is InChI=1S/C25H26F3N3O4/c1-5-34-21-12-16(14-29-22(21)32)15-6-8-17(9-7-15)30-23(33)31-18-10-11-20(35-24(2,3)4)19(13-18)25(26,27)28/h6-14H,5H2,1-4H3,(H,29,32)(H2,30,31,33). The van der Waals surface area contributed by atoms with Gasteiger partial charge in [-0.2, -0.15) is 13.2 Å². The Labute approximate surface area is 200 Å². The van der Waals surface area contributed by atoms with Crippen LogP contribution in [0.2, 0.25) is 0 Å². The Hall–Kier alpha value is -3.95. The van der Waals surface area contributed by atoms with Crippen LogP contribution in [0.3, 0.4) is 0 Å². The number of alkyl halides is 3. The second-order valence-corrected chi connectivity index (χ2v) is 8.59. The van der Waals surface area contributed by atoms with Crippen LogP contribution in [0.5, 0.6) is 11.5 Å². The number of H-pyrrole nitrogens is 1. The van der Waals surface area contributed by atoms with Gasteiger partial charge < -0.3 is 25.1 Å². The molecule has 3 rings (SSSR count). The fourth-order valence-corrected chi connectivity index (χ4v) is 3.18. The quantitative estimate of drug-likeness (QED) is 0.380. The monoisotopic (exact) mass is 489 g/mol. The molecule has 35 heavy (non-hydrogen) atoms. The summed E-state index contributed by atoms with van der Waals surface area (Å²) in [6.07, 6.45) is -3.11. The van der Waals surface area contributed by atoms with E-state index in [2.05, 4.69) is 15.6 Å². The molecule has 0 atom stereocenters. The van der Waals surface area contributed by atoms with Gasteiger partial charge in [0.1, 0.15) is 11.4 Å². The molecule has 3 aromatic rings. The second-order valence-electron chi connectivity index (χ2n) is 8.59. The van der Waals surface area contributed by atoms with Crippen LogP contribution in [0, 0.1) is 0 Å². The van der Waals surface area contributed by atoms with Crippen molar-refractivity contribution in [3.63, 3.8) is 0 Å². The van der Waals surface area contributed by atoms with Crippen molar-refractivity contribution in [1.82, 2.24) is 4.98 Å². The van der Waals surface area contributed by atoms with Crippen LogP contribution < -0.4 is 25.7 Å². The molecule has 0 aliphatic carbocycles. The fourth-order valence-electron chi connectivity index (χ4n) is 3.18. The number of hydrogen-bond acceptors (Lipinski definition) is 4. The number of urea groups is 1. The van der Waals surface area contributed by atoms with E-state index in [0.29, 0.717) is 17.9 Å². The van der Waals surface area contributed by atoms with Crippen LogP contribution in [0.15, 0.2) is 59.5 Å². The number of ether oxygens (including phenoxy) is 2. The minimum absolute atomic E-state index is 0.0376. The summed E-state index contributed by atoms with van der Waals surface area (Å²) in [5, 5.41) is 4.98. The maximum absolute atomic E-state index is 13.5. The van der Waals surface area contributed by atoms with Gasteiger partial charge in [0.15, 0.2) is 5.75 Å². The molecule has 0 radical (unpaired) electrons. The van der Waals surface area contributed by atoms with E-state index in [1.165, 1.54) is 12.1 Å². The fraction of sp³-hybridized carbons (Fsp3) is 0.280. The second kappa shape index (κ2) is 10.1. The SMILES string of the molecule is CCOc1cc(-c2ccc(NC(=O)Nc3ccc(OC(C)(C)C)c(C(F)(F)F)c3)cc2)c[nH]c1=O. The number of nitrogens with one attached hydrogen (secondary N) is 3. The van der Waals surface area contributed by atoms with Gasteiger partial charge in [-0.15, -0.1) is 0 Å². The molecule has 0 spiro atoms. The summed E-state index contributed by atoms with van der Waals surface area (Å²) in [6.45, 7) is 7.06. The van der Waals surface area contributed by atoms with Crippen molar-refractivity contribution in [3.8, 4) is 22.6 Å². The average molecular weight is 489 g/mol. The normalized spacial score (nSPS) is 11.6. The van der Waals surface area contributed by atoms with Gasteiger partial charge >= 0.3 is 12.2 Å². The van der Waals surface area contributed by atoms with E-state index in [0.717, 1.165) is 11.6 Å². The van der Waals surface area contributed by atoms with Crippen molar-refractivity contribution in [3.05, 3.63) is 70.6 Å². The maximum Gasteiger partial charge on any atom is 0.420 e. The van der Waals surface area contributed by atoms with Gasteiger partial charge in [-0.05, 0) is 69.7 Å². The molecule has 2 aromatic carbocycles. The highest BCUT2D eigenvalue weighted by atomic mass is 19.4. The number of hydrogen-bond donors (Lipinski definition) is 3. The first kappa shape index (κ1) is 25.7. The summed E-state index contributed by atoms with van der Waals surface area (Å²) < 4.78 is 51.3. The maximum atomic E-state index is 13.5. The number of pyridine rings is 1. The molecular formula is C25H26F3N3O4. The van der Waals surface area contributed by atoms with Crippen LogP contribution in [-0.4, -0.2) is 23.2 Å². The lowest BCUT2D eigenvalue weighted by Crippen LogP contribution is -2.25. The van der Waals surface area contributed by atoms with Crippen molar-refractivity contribution >= 4 is 17.4 Å². The Morgan fingerprint density at radius 3 is 2.14 bits per heavy atom. The zero-order valence-corrected chi connectivity index (χ0v) is 19.7. The number of aromatic nitrogens is 1. The Bertz CT molecular complexity index is 1250. The molecule has 1 aromatic heterocycles. The Balaban J connectivity index is 1.72. The van der Waals surface area contributed by atoms with Crippen molar-refractivity contribution in [2.45, 2.75) is 39.5 Å². The van der Waals surface area contributed by atoms with Crippen LogP contribution >= 0.6 is 0 Å². The molecule has 0 aliphatic rings. The summed E-state index contributed by atoms with van der Waals surface area (Å²) >= 11 is 0. The highest BCUT2D eigenvalue weighted by Gasteiger charge is 2.35. The highest BCUT2D eigenvalue weighted by molar-refractivity contribution is 6.00. The molecule has 7 nitrogen and oxygen atoms in total. The summed E-state index contributed by atoms with van der Waals surface area (Å²) in [5.41, 5.74) is -0.287. The molecule has 2 amide bonds. The predicted octanol–water partition coefficient (Wildman–Crippen LogP) is 6.28. The summed E-state index contributed by atoms with van der Waals surface area (Å²) in [4.78, 5) is 26.8. The first-order valence-electron chi connectivity index (χ1n) is 10.8. The largest absolute Gasteiger partial charge is 0.488 e. The predicted molar refractivity (Wildman–Crippen MR) is 128 cm³/mol. The summed E-state index contributed by atoms with van der Waals surface area (Å²) in [7, 11) is 0. The number of carbonyl (C=O) groups excluding carboxylic acids is 1. The van der Waals surface area contributed by atoms with Gasteiger partial charge in [-0.1, -0.05) is 12.1 Å². The van der Waals surface area contributed by atoms with Gasteiger partial charge in [0.2, 0.25) is 0 Å². The topological polar surface area (TPSA) is 92.4 Å². The number of carbonyl (C=O) groups is 1. The van der Waals surface area contributed by atoms with Crippen LogP contribution in [-0.2, 0) is 6.18 Å². The van der Waals surface area contributed by atoms with E-state index in [9.17, 15) is 22.8 Å². The number of anilines is 2. The van der Waals surface area contributed by atoms with E-state index in [-0.39, 0.29) is 22.7 Å². The van der Waals surface area contributed by atoms with Crippen molar-refractivity contribution in [1.29, 1.82) is 0 Å². The molecule has 0 bridgehead atoms. The van der Waals surface area contributed by atoms with Gasteiger partial charge in [0, 0.05) is 23.1 Å². The summed E-state index contributed by atoms with van der Waals surface area (Å²) in [6, 6.07) is 10.9. The van der Waals surface area contributed by atoms with E-state index in [1.807, 2.05) is 0 Å². The minimum atomic E-state index is -4.66. The molecule has 0 saturated carbocycles. The Morgan fingerprint density at radius 1 is 0.914 bits per heavy atom. The van der Waals surface area contributed by atoms with Gasteiger partial charge in [0.05, 0.1) is 12.2 Å². The zero-order chi connectivity index (χ0) is 25.8. The molecule has 0 unspecified atom stereocenters. The molecule has 3 N–H and O–H groups in total. The number of amides is 2. The minimum Gasteiger partial charge on any atom is -0.488 e. The molecule has 0 aliphatic heterocycles. The zero-order valence-electron chi connectivity index (χ0n) is 19.7. The molecule has 0 saturated heterocycles. The Kier molecular flexibility index (Phi) is 7.42. The number of rotatable bonds is 6. The first-order chi connectivity index (χ1) is 16.4. The third-order valence-electron chi connectivity index (χ3n) is 4.60. The molecule has 186 valence electrons. The lowest BCUT2D eigenvalue weighted by atomic mass is 10.1. The van der Waals surface area contributed by atoms with Crippen LogP contribution in [0.1, 0.15) is 33.3 Å². The van der Waals surface area contributed by atoms with Gasteiger partial charge in [0.25, 0.3) is 5.56 Å². The van der Waals surface area contributed by atoms with Gasteiger partial charge in [-0.3, -0.25) is 4.79 Å². The molecule has 1 heterocycles. The number of benzene rings is 2. The molecule has 0 fully saturated rings.